The summed E-state index contributed by atoms with van der Waals surface area (Å²) in [6, 6.07) is 12.3. The van der Waals surface area contributed by atoms with E-state index >= 15 is 0 Å². The van der Waals surface area contributed by atoms with Crippen molar-refractivity contribution in [3.05, 3.63) is 82.3 Å². The average molecular weight is 641 g/mol. The highest BCUT2D eigenvalue weighted by Crippen LogP contribution is 2.47. The lowest BCUT2D eigenvalue weighted by atomic mass is 9.86. The van der Waals surface area contributed by atoms with E-state index in [-0.39, 0.29) is 30.1 Å². The van der Waals surface area contributed by atoms with Crippen molar-refractivity contribution in [1.29, 1.82) is 0 Å². The normalized spacial score (nSPS) is 23.5. The van der Waals surface area contributed by atoms with Crippen LogP contribution in [0.5, 0.6) is 6.01 Å². The molecule has 3 saturated heterocycles. The van der Waals surface area contributed by atoms with Gasteiger partial charge in [0.2, 0.25) is 12.5 Å². The van der Waals surface area contributed by atoms with Crippen LogP contribution in [-0.2, 0) is 21.6 Å². The maximum Gasteiger partial charge on any atom is 0.318 e. The molecule has 46 heavy (non-hydrogen) atoms. The van der Waals surface area contributed by atoms with Gasteiger partial charge in [0.1, 0.15) is 18.5 Å². The summed E-state index contributed by atoms with van der Waals surface area (Å²) >= 11 is 6.77. The number of benzene rings is 2. The summed E-state index contributed by atoms with van der Waals surface area (Å²) in [6.07, 6.45) is 6.23. The number of nitrogens with zero attached hydrogens (tertiary/aromatic N) is 6. The third kappa shape index (κ3) is 5.40. The topological polar surface area (TPSA) is 75.4 Å². The first-order valence-electron chi connectivity index (χ1n) is 16.4. The van der Waals surface area contributed by atoms with Crippen LogP contribution < -0.4 is 9.64 Å². The van der Waals surface area contributed by atoms with Crippen molar-refractivity contribution in [1.82, 2.24) is 19.8 Å². The van der Waals surface area contributed by atoms with E-state index in [0.717, 1.165) is 59.3 Å². The Bertz CT molecular complexity index is 1700. The molecule has 1 amide bonds. The summed E-state index contributed by atoms with van der Waals surface area (Å²) < 4.78 is 13.5. The highest BCUT2D eigenvalue weighted by molar-refractivity contribution is 6.35. The first-order valence-corrected chi connectivity index (χ1v) is 16.8. The molecule has 0 saturated carbocycles. The van der Waals surface area contributed by atoms with Gasteiger partial charge in [-0.15, -0.1) is 0 Å². The second kappa shape index (κ2) is 12.1. The summed E-state index contributed by atoms with van der Waals surface area (Å²) in [5.41, 5.74) is 2.16. The van der Waals surface area contributed by atoms with Crippen molar-refractivity contribution in [2.24, 2.45) is 0 Å². The summed E-state index contributed by atoms with van der Waals surface area (Å²) in [5, 5.41) is 2.76. The molecule has 1 aromatic heterocycles. The molecule has 9 nitrogen and oxygen atoms in total. The first kappa shape index (κ1) is 30.9. The van der Waals surface area contributed by atoms with Crippen LogP contribution in [-0.4, -0.2) is 83.1 Å². The molecular formula is C36H41ClN6O3. The number of aromatic nitrogens is 2. The number of carbonyl (C=O) groups is 1. The Labute approximate surface area is 275 Å². The summed E-state index contributed by atoms with van der Waals surface area (Å²) in [6.45, 7) is 19.9. The molecule has 10 heteroatoms. The second-order valence-corrected chi connectivity index (χ2v) is 13.9. The van der Waals surface area contributed by atoms with Crippen LogP contribution in [0.4, 0.5) is 5.82 Å². The van der Waals surface area contributed by atoms with Gasteiger partial charge >= 0.3 is 6.01 Å². The summed E-state index contributed by atoms with van der Waals surface area (Å²) in [7, 11) is 0. The Kier molecular flexibility index (Phi) is 8.16. The smallest absolute Gasteiger partial charge is 0.318 e. The van der Waals surface area contributed by atoms with Gasteiger partial charge in [-0.2, -0.15) is 9.97 Å². The van der Waals surface area contributed by atoms with Crippen molar-refractivity contribution in [2.45, 2.75) is 69.2 Å². The molecule has 2 aromatic carbocycles. The van der Waals surface area contributed by atoms with Gasteiger partial charge in [-0.05, 0) is 75.7 Å². The van der Waals surface area contributed by atoms with Gasteiger partial charge in [-0.1, -0.05) is 48.5 Å². The minimum Gasteiger partial charge on any atom is -0.461 e. The van der Waals surface area contributed by atoms with E-state index in [0.29, 0.717) is 43.7 Å². The van der Waals surface area contributed by atoms with Crippen LogP contribution in [0.1, 0.15) is 62.5 Å². The molecule has 2 atom stereocenters. The van der Waals surface area contributed by atoms with Crippen molar-refractivity contribution in [2.75, 3.05) is 50.8 Å². The number of fused-ring (bicyclic) bond motifs is 3. The SMILES string of the molecule is [C-]#[N+]C[C@H]1CN(c2nc(OCC34CCCN3CCC4)nc3c2C(C)(C)OC(c2cccc4cccc(Cl)c24)C3)CCN1C(=O)C=C. The number of rotatable bonds is 7. The molecule has 5 heterocycles. The average Bonchev–Trinajstić information content (AvgIpc) is 3.63. The minimum absolute atomic E-state index is 0.0570. The van der Waals surface area contributed by atoms with Gasteiger partial charge in [0.25, 0.3) is 0 Å². The number of amides is 1. The lowest BCUT2D eigenvalue weighted by Crippen LogP contribution is -2.56. The molecule has 1 unspecified atom stereocenters. The quantitative estimate of drug-likeness (QED) is 0.233. The van der Waals surface area contributed by atoms with E-state index in [1.807, 2.05) is 12.1 Å². The molecule has 3 aromatic rings. The fourth-order valence-electron chi connectivity index (χ4n) is 8.30. The van der Waals surface area contributed by atoms with Gasteiger partial charge in [0, 0.05) is 42.0 Å². The number of hydrogen-bond donors (Lipinski definition) is 0. The number of ether oxygens (including phenoxy) is 2. The van der Waals surface area contributed by atoms with Crippen LogP contribution in [0, 0.1) is 6.57 Å². The number of hydrogen-bond acceptors (Lipinski definition) is 7. The van der Waals surface area contributed by atoms with Gasteiger partial charge in [0.15, 0.2) is 0 Å². The van der Waals surface area contributed by atoms with Crippen molar-refractivity contribution >= 4 is 34.1 Å². The van der Waals surface area contributed by atoms with E-state index in [1.54, 1.807) is 4.90 Å². The molecule has 0 aliphatic carbocycles. The van der Waals surface area contributed by atoms with Gasteiger partial charge < -0.3 is 24.1 Å². The Morgan fingerprint density at radius 3 is 2.65 bits per heavy atom. The van der Waals surface area contributed by atoms with Crippen molar-refractivity contribution in [3.63, 3.8) is 0 Å². The van der Waals surface area contributed by atoms with Crippen LogP contribution >= 0.6 is 11.6 Å². The maximum absolute atomic E-state index is 12.7. The monoisotopic (exact) mass is 640 g/mol. The van der Waals surface area contributed by atoms with Gasteiger partial charge in [0.05, 0.1) is 22.9 Å². The number of piperazine rings is 1. The van der Waals surface area contributed by atoms with E-state index in [4.69, 9.17) is 37.6 Å². The molecule has 4 aliphatic rings. The number of halogens is 1. The molecular weight excluding hydrogens is 600 g/mol. The second-order valence-electron chi connectivity index (χ2n) is 13.5. The summed E-state index contributed by atoms with van der Waals surface area (Å²) in [4.78, 5) is 33.1. The first-order chi connectivity index (χ1) is 22.2. The molecule has 0 spiro atoms. The Morgan fingerprint density at radius 2 is 1.91 bits per heavy atom. The molecule has 3 fully saturated rings. The van der Waals surface area contributed by atoms with E-state index < -0.39 is 5.60 Å². The zero-order valence-corrected chi connectivity index (χ0v) is 27.4. The fourth-order valence-corrected chi connectivity index (χ4v) is 8.59. The maximum atomic E-state index is 12.7. The molecule has 7 rings (SSSR count). The molecule has 0 radical (unpaired) electrons. The van der Waals surface area contributed by atoms with Crippen LogP contribution in [0.2, 0.25) is 5.02 Å². The zero-order valence-electron chi connectivity index (χ0n) is 26.7. The van der Waals surface area contributed by atoms with E-state index in [9.17, 15) is 4.79 Å². The van der Waals surface area contributed by atoms with Gasteiger partial charge in [-0.25, -0.2) is 6.57 Å². The predicted octanol–water partition coefficient (Wildman–Crippen LogP) is 5.96. The zero-order chi connectivity index (χ0) is 32.1. The third-order valence-corrected chi connectivity index (χ3v) is 10.7. The van der Waals surface area contributed by atoms with Gasteiger partial charge in [-0.3, -0.25) is 9.69 Å². The third-order valence-electron chi connectivity index (χ3n) is 10.4. The predicted molar refractivity (Wildman–Crippen MR) is 179 cm³/mol. The van der Waals surface area contributed by atoms with Crippen LogP contribution in [0.15, 0.2) is 49.1 Å². The highest BCUT2D eigenvalue weighted by atomic mass is 35.5. The number of anilines is 1. The van der Waals surface area contributed by atoms with E-state index in [2.05, 4.69) is 59.3 Å². The lowest BCUT2D eigenvalue weighted by Gasteiger charge is -2.44. The molecule has 0 bridgehead atoms. The van der Waals surface area contributed by atoms with Crippen LogP contribution in [0.25, 0.3) is 15.6 Å². The minimum atomic E-state index is -0.745. The van der Waals surface area contributed by atoms with Crippen LogP contribution in [0.3, 0.4) is 0 Å². The van der Waals surface area contributed by atoms with Crippen molar-refractivity contribution in [3.8, 4) is 6.01 Å². The largest absolute Gasteiger partial charge is 0.461 e. The Balaban J connectivity index is 1.29. The molecule has 0 N–H and O–H groups in total. The fraction of sp³-hybridized carbons (Fsp3) is 0.500. The van der Waals surface area contributed by atoms with E-state index in [1.165, 1.54) is 18.9 Å². The number of carbonyl (C=O) groups excluding carboxylic acids is 1. The Morgan fingerprint density at radius 1 is 1.15 bits per heavy atom. The summed E-state index contributed by atoms with van der Waals surface area (Å²) in [5.74, 6) is 0.603. The standard InChI is InChI=1S/C36H41ClN6O3/c1-5-30(44)43-19-18-41(22-25(43)21-38-4)33-32-28(39-34(40-33)45-23-36-14-8-16-42(36)17-9-15-36)20-29(46-35(32,2)3)26-12-6-10-24-11-7-13-27(37)31(24)26/h5-7,10-13,25,29H,1,8-9,14-23H2,2-3H3/t25-,29?/m0/s1. The lowest BCUT2D eigenvalue weighted by molar-refractivity contribution is -0.128. The molecule has 240 valence electrons. The van der Waals surface area contributed by atoms with Crippen molar-refractivity contribution < 1.29 is 14.3 Å². The molecule has 4 aliphatic heterocycles. The highest BCUT2D eigenvalue weighted by Gasteiger charge is 2.46. The Hall–Kier alpha value is -3.71.